The van der Waals surface area contributed by atoms with Gasteiger partial charge in [-0.3, -0.25) is 0 Å². The summed E-state index contributed by atoms with van der Waals surface area (Å²) in [4.78, 5) is 19.8. The molecular formula is C40H36IrN2O5-2. The standard InChI is InChI=1S/2C15H10N.C10H16O5.Ir/c2*1-2-7-13(8-3-1)15-14-9-5-4-6-12(14)10-11-16-15;1-7(2)10(13)15-5-4-14-9(12)6-8(3)11;/h2*1-7,9-11H;6,9,11-12H,1,4-5H2,2-3H3;/q2*-1;;/b;;8-6-;. The fraction of sp³-hybridized carbons (Fsp3) is 0.125. The number of carbonyl (C=O) groups is 1. The second kappa shape index (κ2) is 19.6. The van der Waals surface area contributed by atoms with Gasteiger partial charge >= 0.3 is 5.97 Å². The molecule has 2 aromatic heterocycles. The van der Waals surface area contributed by atoms with Crippen molar-refractivity contribution < 1.29 is 44.6 Å². The molecule has 4 aromatic carbocycles. The minimum Gasteiger partial charge on any atom is -0.513 e. The van der Waals surface area contributed by atoms with Crippen molar-refractivity contribution in [2.45, 2.75) is 20.1 Å². The molecule has 7 nitrogen and oxygen atoms in total. The third kappa shape index (κ3) is 11.4. The van der Waals surface area contributed by atoms with E-state index < -0.39 is 12.3 Å². The zero-order valence-electron chi connectivity index (χ0n) is 26.7. The third-order valence-corrected chi connectivity index (χ3v) is 6.61. The number of allylic oxidation sites excluding steroid dienone is 1. The van der Waals surface area contributed by atoms with Crippen LogP contribution in [0.5, 0.6) is 0 Å². The molecule has 2 N–H and O–H groups in total. The van der Waals surface area contributed by atoms with Crippen molar-refractivity contribution >= 4 is 27.5 Å². The second-order valence-corrected chi connectivity index (χ2v) is 10.3. The minimum atomic E-state index is -1.20. The number of pyridine rings is 2. The minimum absolute atomic E-state index is 0. The van der Waals surface area contributed by atoms with Gasteiger partial charge in [0.25, 0.3) is 0 Å². The van der Waals surface area contributed by atoms with Crippen molar-refractivity contribution in [3.8, 4) is 22.5 Å². The van der Waals surface area contributed by atoms with Crippen molar-refractivity contribution in [2.24, 2.45) is 0 Å². The number of fused-ring (bicyclic) bond motifs is 2. The first-order chi connectivity index (χ1) is 22.8. The topological polar surface area (TPSA) is 102 Å². The molecule has 0 amide bonds. The fourth-order valence-electron chi connectivity index (χ4n) is 4.43. The summed E-state index contributed by atoms with van der Waals surface area (Å²) < 4.78 is 9.50. The Hall–Kier alpha value is -4.98. The van der Waals surface area contributed by atoms with Gasteiger partial charge in [-0.2, -0.15) is 0 Å². The number of ether oxygens (including phenoxy) is 2. The van der Waals surface area contributed by atoms with Gasteiger partial charge in [-0.25, -0.2) is 4.79 Å². The Balaban J connectivity index is 0.000000194. The molecule has 0 spiro atoms. The fourth-order valence-corrected chi connectivity index (χ4v) is 4.43. The number of rotatable bonds is 8. The van der Waals surface area contributed by atoms with E-state index in [0.717, 1.165) is 28.6 Å². The number of carbonyl (C=O) groups excluding carboxylic acids is 1. The van der Waals surface area contributed by atoms with Crippen LogP contribution in [0.25, 0.3) is 44.1 Å². The molecule has 0 aliphatic heterocycles. The largest absolute Gasteiger partial charge is 0.513 e. The third-order valence-electron chi connectivity index (χ3n) is 6.61. The van der Waals surface area contributed by atoms with Crippen LogP contribution in [0.3, 0.4) is 0 Å². The van der Waals surface area contributed by atoms with Gasteiger partial charge in [0.1, 0.15) is 6.61 Å². The predicted octanol–water partition coefficient (Wildman–Crippen LogP) is 8.30. The number of hydrogen-bond donors (Lipinski definition) is 2. The van der Waals surface area contributed by atoms with Crippen molar-refractivity contribution in [3.63, 3.8) is 0 Å². The van der Waals surface area contributed by atoms with Gasteiger partial charge in [-0.05, 0) is 58.9 Å². The van der Waals surface area contributed by atoms with Crippen LogP contribution in [0, 0.1) is 12.1 Å². The Bertz CT molecular complexity index is 1800. The number of aliphatic hydroxyl groups excluding tert-OH is 2. The van der Waals surface area contributed by atoms with E-state index in [1.807, 2.05) is 97.3 Å². The maximum Gasteiger partial charge on any atom is 0.333 e. The first-order valence-corrected chi connectivity index (χ1v) is 14.9. The van der Waals surface area contributed by atoms with E-state index >= 15 is 0 Å². The summed E-state index contributed by atoms with van der Waals surface area (Å²) in [6, 6.07) is 42.9. The number of nitrogens with zero attached hydrogens (tertiary/aromatic N) is 2. The summed E-state index contributed by atoms with van der Waals surface area (Å²) in [5, 5.41) is 22.6. The number of hydrogen-bond acceptors (Lipinski definition) is 7. The maximum absolute atomic E-state index is 10.9. The van der Waals surface area contributed by atoms with Crippen LogP contribution in [0.2, 0.25) is 0 Å². The molecule has 6 rings (SSSR count). The molecule has 1 unspecified atom stereocenters. The van der Waals surface area contributed by atoms with Gasteiger partial charge in [0.2, 0.25) is 0 Å². The first-order valence-electron chi connectivity index (χ1n) is 14.9. The molecule has 1 radical (unpaired) electrons. The molecule has 1 atom stereocenters. The van der Waals surface area contributed by atoms with Gasteiger partial charge in [-0.1, -0.05) is 55.1 Å². The number of benzene rings is 4. The number of esters is 1. The molecule has 0 fully saturated rings. The average molecular weight is 817 g/mol. The van der Waals surface area contributed by atoms with Crippen molar-refractivity contribution in [2.75, 3.05) is 13.2 Å². The maximum atomic E-state index is 10.9. The van der Waals surface area contributed by atoms with Crippen LogP contribution in [-0.2, 0) is 34.4 Å². The van der Waals surface area contributed by atoms with E-state index in [0.29, 0.717) is 5.57 Å². The zero-order chi connectivity index (χ0) is 33.4. The van der Waals surface area contributed by atoms with E-state index in [4.69, 9.17) is 19.7 Å². The molecule has 2 heterocycles. The van der Waals surface area contributed by atoms with Crippen LogP contribution in [0.1, 0.15) is 13.8 Å². The molecule has 0 aliphatic carbocycles. The summed E-state index contributed by atoms with van der Waals surface area (Å²) in [5.74, 6) is -0.539. The summed E-state index contributed by atoms with van der Waals surface area (Å²) >= 11 is 0. The van der Waals surface area contributed by atoms with Crippen LogP contribution in [-0.4, -0.2) is 45.7 Å². The monoisotopic (exact) mass is 817 g/mol. The van der Waals surface area contributed by atoms with Crippen molar-refractivity contribution in [1.82, 2.24) is 9.97 Å². The average Bonchev–Trinajstić information content (AvgIpc) is 3.10. The van der Waals surface area contributed by atoms with Gasteiger partial charge in [0.15, 0.2) is 6.29 Å². The van der Waals surface area contributed by atoms with E-state index in [2.05, 4.69) is 52.9 Å². The van der Waals surface area contributed by atoms with E-state index in [-0.39, 0.29) is 39.1 Å². The summed E-state index contributed by atoms with van der Waals surface area (Å²) in [6.45, 7) is 6.42. The summed E-state index contributed by atoms with van der Waals surface area (Å²) in [6.07, 6.45) is 3.62. The summed E-state index contributed by atoms with van der Waals surface area (Å²) in [5.41, 5.74) is 4.39. The Labute approximate surface area is 294 Å². The summed E-state index contributed by atoms with van der Waals surface area (Å²) in [7, 11) is 0. The van der Waals surface area contributed by atoms with Crippen LogP contribution < -0.4 is 0 Å². The normalized spacial score (nSPS) is 11.2. The SMILES string of the molecule is C=C(C)C(=O)OCCOC(O)/C=C(/C)O.[Ir].[c-]1ccccc1-c1nccc2ccccc12.[c-]1ccccc1-c1nccc2ccccc12. The van der Waals surface area contributed by atoms with Crippen molar-refractivity contribution in [3.05, 3.63) is 158 Å². The first kappa shape index (κ1) is 37.5. The quantitative estimate of drug-likeness (QED) is 0.0398. The Morgan fingerprint density at radius 3 is 1.69 bits per heavy atom. The number of aliphatic hydroxyl groups is 2. The second-order valence-electron chi connectivity index (χ2n) is 10.3. The van der Waals surface area contributed by atoms with Gasteiger partial charge in [0.05, 0.1) is 12.4 Å². The van der Waals surface area contributed by atoms with Crippen LogP contribution in [0.15, 0.2) is 146 Å². The molecular weight excluding hydrogens is 781 g/mol. The van der Waals surface area contributed by atoms with Crippen LogP contribution >= 0.6 is 0 Å². The number of aromatic nitrogens is 2. The Kier molecular flexibility index (Phi) is 15.3. The molecule has 247 valence electrons. The van der Waals surface area contributed by atoms with Crippen molar-refractivity contribution in [1.29, 1.82) is 0 Å². The molecule has 0 saturated carbocycles. The smallest absolute Gasteiger partial charge is 0.333 e. The molecule has 6 aromatic rings. The molecule has 0 aliphatic rings. The molecule has 8 heteroatoms. The predicted molar refractivity (Wildman–Crippen MR) is 186 cm³/mol. The van der Waals surface area contributed by atoms with Gasteiger partial charge in [-0.15, -0.1) is 71.8 Å². The van der Waals surface area contributed by atoms with E-state index in [1.54, 1.807) is 0 Å². The molecule has 48 heavy (non-hydrogen) atoms. The van der Waals surface area contributed by atoms with Gasteiger partial charge in [0, 0.05) is 44.1 Å². The van der Waals surface area contributed by atoms with E-state index in [1.165, 1.54) is 35.4 Å². The Morgan fingerprint density at radius 1 is 0.771 bits per heavy atom. The van der Waals surface area contributed by atoms with E-state index in [9.17, 15) is 4.79 Å². The molecule has 0 bridgehead atoms. The molecule has 0 saturated heterocycles. The van der Waals surface area contributed by atoms with Gasteiger partial charge < -0.3 is 29.7 Å². The Morgan fingerprint density at radius 2 is 1.25 bits per heavy atom. The van der Waals surface area contributed by atoms with Crippen LogP contribution in [0.4, 0.5) is 0 Å². The zero-order valence-corrected chi connectivity index (χ0v) is 29.1.